The molecule has 1 saturated heterocycles. The van der Waals surface area contributed by atoms with Crippen LogP contribution in [0.25, 0.3) is 0 Å². The Morgan fingerprint density at radius 1 is 1.20 bits per heavy atom. The van der Waals surface area contributed by atoms with Crippen molar-refractivity contribution >= 4 is 5.91 Å². The van der Waals surface area contributed by atoms with E-state index in [-0.39, 0.29) is 0 Å². The second kappa shape index (κ2) is 5.32. The first-order valence-corrected chi connectivity index (χ1v) is 8.51. The lowest BCUT2D eigenvalue weighted by molar-refractivity contribution is -0.133. The van der Waals surface area contributed by atoms with Gasteiger partial charge in [-0.25, -0.2) is 0 Å². The smallest absolute Gasteiger partial charge is 0.222 e. The lowest BCUT2D eigenvalue weighted by Gasteiger charge is -2.39. The van der Waals surface area contributed by atoms with Crippen molar-refractivity contribution in [3.05, 3.63) is 0 Å². The Morgan fingerprint density at radius 3 is 2.70 bits per heavy atom. The van der Waals surface area contributed by atoms with Crippen LogP contribution < -0.4 is 5.73 Å². The van der Waals surface area contributed by atoms with Crippen molar-refractivity contribution in [1.29, 1.82) is 0 Å². The number of hydrogen-bond acceptors (Lipinski definition) is 2. The second-order valence-electron chi connectivity index (χ2n) is 8.10. The zero-order chi connectivity index (χ0) is 14.3. The third-order valence-corrected chi connectivity index (χ3v) is 6.41. The highest BCUT2D eigenvalue weighted by atomic mass is 16.2. The van der Waals surface area contributed by atoms with E-state index < -0.39 is 0 Å². The summed E-state index contributed by atoms with van der Waals surface area (Å²) >= 11 is 0. The van der Waals surface area contributed by atoms with Gasteiger partial charge in [-0.1, -0.05) is 26.7 Å². The van der Waals surface area contributed by atoms with Crippen LogP contribution in [-0.2, 0) is 4.79 Å². The van der Waals surface area contributed by atoms with Crippen LogP contribution in [0.15, 0.2) is 0 Å². The number of nitrogens with two attached hydrogens (primary N) is 1. The topological polar surface area (TPSA) is 46.3 Å². The Hall–Kier alpha value is -0.570. The van der Waals surface area contributed by atoms with Crippen molar-refractivity contribution in [2.24, 2.45) is 28.9 Å². The van der Waals surface area contributed by atoms with Gasteiger partial charge in [0.1, 0.15) is 0 Å². The van der Waals surface area contributed by atoms with Crippen molar-refractivity contribution in [1.82, 2.24) is 4.90 Å². The summed E-state index contributed by atoms with van der Waals surface area (Å²) < 4.78 is 0. The van der Waals surface area contributed by atoms with Crippen LogP contribution in [0, 0.1) is 23.2 Å². The van der Waals surface area contributed by atoms with Gasteiger partial charge in [0.2, 0.25) is 5.91 Å². The van der Waals surface area contributed by atoms with E-state index in [4.69, 9.17) is 5.73 Å². The summed E-state index contributed by atoms with van der Waals surface area (Å²) in [5, 5.41) is 0. The number of carbonyl (C=O) groups excluding carboxylic acids is 1. The number of carbonyl (C=O) groups is 1. The van der Waals surface area contributed by atoms with Crippen molar-refractivity contribution < 1.29 is 4.79 Å². The van der Waals surface area contributed by atoms with Gasteiger partial charge in [0.25, 0.3) is 0 Å². The fourth-order valence-corrected chi connectivity index (χ4v) is 4.80. The summed E-state index contributed by atoms with van der Waals surface area (Å²) in [6.07, 6.45) is 8.30. The number of hydrogen-bond donors (Lipinski definition) is 1. The molecule has 1 aliphatic heterocycles. The molecule has 3 rings (SSSR count). The first-order valence-electron chi connectivity index (χ1n) is 8.51. The Labute approximate surface area is 123 Å². The normalized spacial score (nSPS) is 39.9. The largest absolute Gasteiger partial charge is 0.342 e. The first-order chi connectivity index (χ1) is 9.47. The molecule has 3 aliphatic rings. The lowest BCUT2D eigenvalue weighted by Crippen LogP contribution is -2.37. The Balaban J connectivity index is 1.57. The van der Waals surface area contributed by atoms with Crippen LogP contribution in [0.2, 0.25) is 0 Å². The van der Waals surface area contributed by atoms with Gasteiger partial charge in [0.15, 0.2) is 0 Å². The molecule has 0 aromatic heterocycles. The number of fused-ring (bicyclic) bond motifs is 1. The lowest BCUT2D eigenvalue weighted by atomic mass is 9.67. The van der Waals surface area contributed by atoms with Crippen LogP contribution in [-0.4, -0.2) is 29.9 Å². The Morgan fingerprint density at radius 2 is 2.00 bits per heavy atom. The average Bonchev–Trinajstić information content (AvgIpc) is 2.95. The molecule has 114 valence electrons. The van der Waals surface area contributed by atoms with E-state index in [9.17, 15) is 4.79 Å². The number of likely N-dealkylation sites (tertiary alicyclic amines) is 1. The molecular weight excluding hydrogens is 248 g/mol. The molecule has 0 aromatic carbocycles. The van der Waals surface area contributed by atoms with E-state index in [1.165, 1.54) is 32.1 Å². The molecule has 3 fully saturated rings. The minimum Gasteiger partial charge on any atom is -0.342 e. The van der Waals surface area contributed by atoms with Gasteiger partial charge in [-0.15, -0.1) is 0 Å². The van der Waals surface area contributed by atoms with E-state index >= 15 is 0 Å². The highest BCUT2D eigenvalue weighted by Crippen LogP contribution is 2.43. The number of amides is 1. The Bertz CT molecular complexity index is 379. The van der Waals surface area contributed by atoms with E-state index in [0.717, 1.165) is 25.9 Å². The maximum atomic E-state index is 12.6. The highest BCUT2D eigenvalue weighted by Gasteiger charge is 2.43. The van der Waals surface area contributed by atoms with Crippen LogP contribution in [0.4, 0.5) is 0 Å². The van der Waals surface area contributed by atoms with Crippen LogP contribution in [0.5, 0.6) is 0 Å². The summed E-state index contributed by atoms with van der Waals surface area (Å²) in [4.78, 5) is 14.7. The average molecular weight is 278 g/mol. The Kier molecular flexibility index (Phi) is 3.83. The van der Waals surface area contributed by atoms with Crippen molar-refractivity contribution in [3.8, 4) is 0 Å². The zero-order valence-electron chi connectivity index (χ0n) is 13.1. The maximum absolute atomic E-state index is 12.6. The third kappa shape index (κ3) is 2.61. The summed E-state index contributed by atoms with van der Waals surface area (Å²) in [7, 11) is 0. The van der Waals surface area contributed by atoms with Crippen LogP contribution in [0.1, 0.15) is 58.8 Å². The molecule has 0 spiro atoms. The van der Waals surface area contributed by atoms with Gasteiger partial charge < -0.3 is 10.6 Å². The predicted octanol–water partition coefficient (Wildman–Crippen LogP) is 2.79. The van der Waals surface area contributed by atoms with Crippen LogP contribution >= 0.6 is 0 Å². The molecule has 2 N–H and O–H groups in total. The molecule has 3 nitrogen and oxygen atoms in total. The van der Waals surface area contributed by atoms with Gasteiger partial charge in [-0.3, -0.25) is 4.79 Å². The summed E-state index contributed by atoms with van der Waals surface area (Å²) in [6, 6.07) is 0.337. The molecule has 0 radical (unpaired) electrons. The minimum absolute atomic E-state index is 0.337. The fourth-order valence-electron chi connectivity index (χ4n) is 4.80. The summed E-state index contributed by atoms with van der Waals surface area (Å²) in [5.74, 6) is 2.25. The van der Waals surface area contributed by atoms with E-state index in [2.05, 4.69) is 18.7 Å². The van der Waals surface area contributed by atoms with Gasteiger partial charge in [-0.2, -0.15) is 0 Å². The molecular formula is C17H30N2O. The van der Waals surface area contributed by atoms with Crippen molar-refractivity contribution in [2.45, 2.75) is 64.8 Å². The molecule has 20 heavy (non-hydrogen) atoms. The molecule has 4 unspecified atom stereocenters. The zero-order valence-corrected chi connectivity index (χ0v) is 13.1. The van der Waals surface area contributed by atoms with Gasteiger partial charge >= 0.3 is 0 Å². The van der Waals surface area contributed by atoms with Crippen molar-refractivity contribution in [2.75, 3.05) is 13.1 Å². The monoisotopic (exact) mass is 278 g/mol. The van der Waals surface area contributed by atoms with Gasteiger partial charge in [0, 0.05) is 25.6 Å². The highest BCUT2D eigenvalue weighted by molar-refractivity contribution is 5.77. The quantitative estimate of drug-likeness (QED) is 0.844. The summed E-state index contributed by atoms with van der Waals surface area (Å²) in [6.45, 7) is 6.60. The molecule has 2 aliphatic carbocycles. The standard InChI is InChI=1S/C17H30N2O/c1-17(2)8-4-3-5-13(17)9-16(20)19-10-12-6-7-15(18)14(12)11-19/h12-15H,3-11,18H2,1-2H3. The maximum Gasteiger partial charge on any atom is 0.222 e. The summed E-state index contributed by atoms with van der Waals surface area (Å²) in [5.41, 5.74) is 6.52. The molecule has 1 heterocycles. The molecule has 4 atom stereocenters. The molecule has 0 aromatic rings. The molecule has 3 heteroatoms. The second-order valence-corrected chi connectivity index (χ2v) is 8.10. The fraction of sp³-hybridized carbons (Fsp3) is 0.941. The number of nitrogens with zero attached hydrogens (tertiary/aromatic N) is 1. The van der Waals surface area contributed by atoms with Gasteiger partial charge in [0.05, 0.1) is 0 Å². The van der Waals surface area contributed by atoms with E-state index in [0.29, 0.717) is 35.1 Å². The minimum atomic E-state index is 0.337. The molecule has 0 bridgehead atoms. The first kappa shape index (κ1) is 14.4. The molecule has 2 saturated carbocycles. The van der Waals surface area contributed by atoms with Crippen molar-refractivity contribution in [3.63, 3.8) is 0 Å². The predicted molar refractivity (Wildman–Crippen MR) is 81.1 cm³/mol. The van der Waals surface area contributed by atoms with E-state index in [1.807, 2.05) is 0 Å². The van der Waals surface area contributed by atoms with E-state index in [1.54, 1.807) is 0 Å². The van der Waals surface area contributed by atoms with Crippen LogP contribution in [0.3, 0.4) is 0 Å². The SMILES string of the molecule is CC1(C)CCCCC1CC(=O)N1CC2CCC(N)C2C1. The molecule has 1 amide bonds. The number of rotatable bonds is 2. The third-order valence-electron chi connectivity index (χ3n) is 6.41. The van der Waals surface area contributed by atoms with Gasteiger partial charge in [-0.05, 0) is 48.9 Å².